The highest BCUT2D eigenvalue weighted by Crippen LogP contribution is 2.28. The van der Waals surface area contributed by atoms with Crippen molar-refractivity contribution in [2.24, 2.45) is 0 Å². The van der Waals surface area contributed by atoms with Gasteiger partial charge in [-0.3, -0.25) is 4.72 Å². The first-order valence-corrected chi connectivity index (χ1v) is 7.86. The Morgan fingerprint density at radius 3 is 2.24 bits per heavy atom. The molecule has 0 aliphatic rings. The molecule has 2 rings (SSSR count). The van der Waals surface area contributed by atoms with Crippen molar-refractivity contribution in [1.82, 2.24) is 0 Å². The molecule has 0 bridgehead atoms. The maximum atomic E-state index is 12.4. The topological polar surface area (TPSA) is 81.4 Å². The van der Waals surface area contributed by atoms with Gasteiger partial charge in [-0.25, -0.2) is 8.42 Å². The number of rotatable bonds is 4. The van der Waals surface area contributed by atoms with Crippen LogP contribution >= 0.6 is 0 Å². The lowest BCUT2D eigenvalue weighted by Gasteiger charge is -2.15. The smallest absolute Gasteiger partial charge is 0.261 e. The predicted molar refractivity (Wildman–Crippen MR) is 84.1 cm³/mol. The molecule has 21 heavy (non-hydrogen) atoms. The maximum Gasteiger partial charge on any atom is 0.261 e. The van der Waals surface area contributed by atoms with Crippen molar-refractivity contribution in [3.63, 3.8) is 0 Å². The summed E-state index contributed by atoms with van der Waals surface area (Å²) in [5, 5.41) is 0. The molecule has 5 nitrogen and oxygen atoms in total. The van der Waals surface area contributed by atoms with E-state index in [9.17, 15) is 8.42 Å². The highest BCUT2D eigenvalue weighted by Gasteiger charge is 2.17. The third-order valence-corrected chi connectivity index (χ3v) is 4.69. The van der Waals surface area contributed by atoms with Gasteiger partial charge in [0, 0.05) is 5.69 Å². The van der Waals surface area contributed by atoms with Gasteiger partial charge >= 0.3 is 0 Å². The van der Waals surface area contributed by atoms with Crippen LogP contribution in [0.4, 0.5) is 11.4 Å². The van der Waals surface area contributed by atoms with E-state index >= 15 is 0 Å². The Morgan fingerprint density at radius 2 is 1.67 bits per heavy atom. The lowest BCUT2D eigenvalue weighted by Crippen LogP contribution is -2.15. The van der Waals surface area contributed by atoms with E-state index < -0.39 is 10.0 Å². The summed E-state index contributed by atoms with van der Waals surface area (Å²) in [4.78, 5) is 0.171. The van der Waals surface area contributed by atoms with Gasteiger partial charge in [0.25, 0.3) is 10.0 Å². The van der Waals surface area contributed by atoms with Crippen LogP contribution in [-0.2, 0) is 10.0 Å². The summed E-state index contributed by atoms with van der Waals surface area (Å²) in [5.74, 6) is 0.602. The van der Waals surface area contributed by atoms with Crippen molar-refractivity contribution in [1.29, 1.82) is 0 Å². The van der Waals surface area contributed by atoms with Gasteiger partial charge in [-0.1, -0.05) is 6.07 Å². The van der Waals surface area contributed by atoms with Crippen LogP contribution in [0.15, 0.2) is 41.3 Å². The van der Waals surface area contributed by atoms with Crippen LogP contribution in [0, 0.1) is 13.8 Å². The summed E-state index contributed by atoms with van der Waals surface area (Å²) in [6.07, 6.45) is 0. The molecule has 0 fully saturated rings. The molecule has 0 heterocycles. The highest BCUT2D eigenvalue weighted by atomic mass is 32.2. The van der Waals surface area contributed by atoms with Gasteiger partial charge in [0.15, 0.2) is 0 Å². The van der Waals surface area contributed by atoms with Crippen LogP contribution in [0.2, 0.25) is 0 Å². The SMILES string of the molecule is COc1ccc(S(=O)(=O)Nc2c(C)ccc(N)c2C)cc1. The molecule has 0 saturated carbocycles. The van der Waals surface area contributed by atoms with Crippen LogP contribution in [0.1, 0.15) is 11.1 Å². The zero-order valence-electron chi connectivity index (χ0n) is 12.2. The van der Waals surface area contributed by atoms with Gasteiger partial charge < -0.3 is 10.5 Å². The molecule has 0 atom stereocenters. The number of ether oxygens (including phenoxy) is 1. The second kappa shape index (κ2) is 5.65. The van der Waals surface area contributed by atoms with E-state index in [2.05, 4.69) is 4.72 Å². The van der Waals surface area contributed by atoms with Gasteiger partial charge in [0.1, 0.15) is 5.75 Å². The van der Waals surface area contributed by atoms with E-state index in [1.165, 1.54) is 19.2 Å². The molecule has 0 aromatic heterocycles. The average Bonchev–Trinajstić information content (AvgIpc) is 2.48. The molecule has 0 saturated heterocycles. The molecule has 0 unspecified atom stereocenters. The van der Waals surface area contributed by atoms with Crippen LogP contribution in [0.3, 0.4) is 0 Å². The average molecular weight is 306 g/mol. The van der Waals surface area contributed by atoms with Crippen molar-refractivity contribution in [3.8, 4) is 5.75 Å². The van der Waals surface area contributed by atoms with Gasteiger partial charge in [-0.05, 0) is 55.3 Å². The Hall–Kier alpha value is -2.21. The van der Waals surface area contributed by atoms with E-state index in [0.717, 1.165) is 5.56 Å². The largest absolute Gasteiger partial charge is 0.497 e. The minimum absolute atomic E-state index is 0.171. The van der Waals surface area contributed by atoms with Crippen molar-refractivity contribution >= 4 is 21.4 Å². The first-order chi connectivity index (χ1) is 9.85. The van der Waals surface area contributed by atoms with E-state index in [0.29, 0.717) is 22.7 Å². The number of nitrogens with two attached hydrogens (primary N) is 1. The zero-order chi connectivity index (χ0) is 15.6. The van der Waals surface area contributed by atoms with Crippen LogP contribution in [0.25, 0.3) is 0 Å². The lowest BCUT2D eigenvalue weighted by molar-refractivity contribution is 0.414. The summed E-state index contributed by atoms with van der Waals surface area (Å²) >= 11 is 0. The molecule has 0 aliphatic heterocycles. The monoisotopic (exact) mass is 306 g/mol. The van der Waals surface area contributed by atoms with Gasteiger partial charge in [-0.2, -0.15) is 0 Å². The van der Waals surface area contributed by atoms with Crippen molar-refractivity contribution in [2.75, 3.05) is 17.6 Å². The minimum Gasteiger partial charge on any atom is -0.497 e. The number of hydrogen-bond acceptors (Lipinski definition) is 4. The molecule has 0 radical (unpaired) electrons. The number of anilines is 2. The van der Waals surface area contributed by atoms with Crippen molar-refractivity contribution < 1.29 is 13.2 Å². The Kier molecular flexibility index (Phi) is 4.09. The van der Waals surface area contributed by atoms with Gasteiger partial charge in [0.05, 0.1) is 17.7 Å². The Bertz CT molecular complexity index is 753. The van der Waals surface area contributed by atoms with Crippen molar-refractivity contribution in [2.45, 2.75) is 18.7 Å². The fraction of sp³-hybridized carbons (Fsp3) is 0.200. The minimum atomic E-state index is -3.66. The molecule has 0 spiro atoms. The Labute approximate surface area is 124 Å². The first kappa shape index (κ1) is 15.2. The molecule has 0 aliphatic carbocycles. The summed E-state index contributed by atoms with van der Waals surface area (Å²) in [6, 6.07) is 9.75. The van der Waals surface area contributed by atoms with E-state index in [1.54, 1.807) is 31.2 Å². The van der Waals surface area contributed by atoms with Crippen LogP contribution in [0.5, 0.6) is 5.75 Å². The standard InChI is InChI=1S/C15H18N2O3S/c1-10-4-9-14(16)11(2)15(10)17-21(18,19)13-7-5-12(20-3)6-8-13/h4-9,17H,16H2,1-3H3. The fourth-order valence-corrected chi connectivity index (χ4v) is 3.16. The maximum absolute atomic E-state index is 12.4. The summed E-state index contributed by atoms with van der Waals surface area (Å²) in [5.41, 5.74) is 8.44. The number of hydrogen-bond donors (Lipinski definition) is 2. The summed E-state index contributed by atoms with van der Waals surface area (Å²) in [7, 11) is -2.13. The highest BCUT2D eigenvalue weighted by molar-refractivity contribution is 7.92. The van der Waals surface area contributed by atoms with E-state index in [4.69, 9.17) is 10.5 Å². The predicted octanol–water partition coefficient (Wildman–Crippen LogP) is 2.70. The van der Waals surface area contributed by atoms with E-state index in [1.807, 2.05) is 6.92 Å². The summed E-state index contributed by atoms with van der Waals surface area (Å²) in [6.45, 7) is 3.62. The number of nitrogen functional groups attached to an aromatic ring is 1. The van der Waals surface area contributed by atoms with Crippen molar-refractivity contribution in [3.05, 3.63) is 47.5 Å². The molecule has 112 valence electrons. The number of benzene rings is 2. The number of aryl methyl sites for hydroxylation is 1. The molecule has 6 heteroatoms. The molecular weight excluding hydrogens is 288 g/mol. The normalized spacial score (nSPS) is 11.2. The number of methoxy groups -OCH3 is 1. The number of nitrogens with one attached hydrogen (secondary N) is 1. The molecule has 2 aromatic rings. The molecular formula is C15H18N2O3S. The lowest BCUT2D eigenvalue weighted by atomic mass is 10.1. The van der Waals surface area contributed by atoms with E-state index in [-0.39, 0.29) is 4.90 Å². The third kappa shape index (κ3) is 3.11. The van der Waals surface area contributed by atoms with Gasteiger partial charge in [-0.15, -0.1) is 0 Å². The second-order valence-corrected chi connectivity index (χ2v) is 6.44. The van der Waals surface area contributed by atoms with Gasteiger partial charge in [0.2, 0.25) is 0 Å². The Balaban J connectivity index is 2.39. The molecule has 0 amide bonds. The van der Waals surface area contributed by atoms with Crippen LogP contribution < -0.4 is 15.2 Å². The quantitative estimate of drug-likeness (QED) is 0.851. The molecule has 3 N–H and O–H groups in total. The second-order valence-electron chi connectivity index (χ2n) is 4.75. The fourth-order valence-electron chi connectivity index (χ4n) is 1.97. The number of sulfonamides is 1. The Morgan fingerprint density at radius 1 is 1.05 bits per heavy atom. The van der Waals surface area contributed by atoms with Crippen LogP contribution in [-0.4, -0.2) is 15.5 Å². The zero-order valence-corrected chi connectivity index (χ0v) is 13.0. The molecule has 2 aromatic carbocycles. The summed E-state index contributed by atoms with van der Waals surface area (Å²) < 4.78 is 32.5. The first-order valence-electron chi connectivity index (χ1n) is 6.37. The third-order valence-electron chi connectivity index (χ3n) is 3.32.